The van der Waals surface area contributed by atoms with Crippen molar-refractivity contribution in [1.82, 2.24) is 9.29 Å². The fourth-order valence-corrected chi connectivity index (χ4v) is 2.59. The van der Waals surface area contributed by atoms with Crippen molar-refractivity contribution in [1.29, 1.82) is 0 Å². The van der Waals surface area contributed by atoms with Gasteiger partial charge in [0, 0.05) is 12.7 Å². The Labute approximate surface area is 84.7 Å². The molecule has 0 amide bonds. The highest BCUT2D eigenvalue weighted by molar-refractivity contribution is 7.69. The maximum absolute atomic E-state index is 10.9. The SMILES string of the molecule is O=[SH](=O)N1CCC[C@H]1c1ccccn1. The molecule has 1 aromatic rings. The van der Waals surface area contributed by atoms with E-state index in [0.29, 0.717) is 6.54 Å². The number of hydrogen-bond donors (Lipinski definition) is 1. The third-order valence-electron chi connectivity index (χ3n) is 2.46. The Balaban J connectivity index is 2.26. The summed E-state index contributed by atoms with van der Waals surface area (Å²) < 4.78 is 23.3. The van der Waals surface area contributed by atoms with Crippen LogP contribution in [0.4, 0.5) is 0 Å². The van der Waals surface area contributed by atoms with Gasteiger partial charge in [0.2, 0.25) is 10.9 Å². The summed E-state index contributed by atoms with van der Waals surface area (Å²) in [4.78, 5) is 4.18. The van der Waals surface area contributed by atoms with Gasteiger partial charge >= 0.3 is 0 Å². The Morgan fingerprint density at radius 3 is 2.93 bits per heavy atom. The van der Waals surface area contributed by atoms with Gasteiger partial charge in [-0.25, -0.2) is 8.42 Å². The van der Waals surface area contributed by atoms with Crippen molar-refractivity contribution in [2.24, 2.45) is 0 Å². The number of rotatable bonds is 2. The van der Waals surface area contributed by atoms with Gasteiger partial charge in [-0.05, 0) is 25.0 Å². The Morgan fingerprint density at radius 1 is 1.43 bits per heavy atom. The first-order valence-corrected chi connectivity index (χ1v) is 5.74. The molecule has 0 saturated carbocycles. The average Bonchev–Trinajstić information content (AvgIpc) is 2.67. The number of pyridine rings is 1. The zero-order valence-electron chi connectivity index (χ0n) is 7.67. The quantitative estimate of drug-likeness (QED) is 0.736. The fourth-order valence-electron chi connectivity index (χ4n) is 1.82. The van der Waals surface area contributed by atoms with Gasteiger partial charge in [-0.1, -0.05) is 6.07 Å². The van der Waals surface area contributed by atoms with E-state index >= 15 is 0 Å². The van der Waals surface area contributed by atoms with Gasteiger partial charge in [0.05, 0.1) is 11.7 Å². The molecule has 1 aliphatic heterocycles. The van der Waals surface area contributed by atoms with Crippen LogP contribution in [0.2, 0.25) is 0 Å². The molecule has 2 heterocycles. The van der Waals surface area contributed by atoms with E-state index in [9.17, 15) is 8.42 Å². The van der Waals surface area contributed by atoms with E-state index in [0.717, 1.165) is 18.5 Å². The topological polar surface area (TPSA) is 50.3 Å². The van der Waals surface area contributed by atoms with Crippen molar-refractivity contribution in [3.8, 4) is 0 Å². The van der Waals surface area contributed by atoms with Crippen LogP contribution < -0.4 is 0 Å². The predicted octanol–water partition coefficient (Wildman–Crippen LogP) is 0.745. The van der Waals surface area contributed by atoms with Gasteiger partial charge in [-0.15, -0.1) is 0 Å². The second-order valence-corrected chi connectivity index (χ2v) is 4.30. The first-order valence-electron chi connectivity index (χ1n) is 4.61. The summed E-state index contributed by atoms with van der Waals surface area (Å²) >= 11 is 0. The molecule has 14 heavy (non-hydrogen) atoms. The molecule has 0 bridgehead atoms. The van der Waals surface area contributed by atoms with Crippen LogP contribution in [0.15, 0.2) is 24.4 Å². The highest BCUT2D eigenvalue weighted by Gasteiger charge is 2.28. The van der Waals surface area contributed by atoms with Crippen molar-refractivity contribution < 1.29 is 8.42 Å². The lowest BCUT2D eigenvalue weighted by molar-refractivity contribution is 0.404. The lowest BCUT2D eigenvalue weighted by atomic mass is 10.1. The normalized spacial score (nSPS) is 23.1. The van der Waals surface area contributed by atoms with Crippen molar-refractivity contribution in [3.63, 3.8) is 0 Å². The number of thiol groups is 1. The maximum Gasteiger partial charge on any atom is 0.204 e. The maximum atomic E-state index is 10.9. The molecule has 2 rings (SSSR count). The molecule has 76 valence electrons. The minimum Gasteiger partial charge on any atom is -0.260 e. The van der Waals surface area contributed by atoms with Crippen molar-refractivity contribution in [2.45, 2.75) is 18.9 Å². The van der Waals surface area contributed by atoms with Crippen LogP contribution in [0.3, 0.4) is 0 Å². The molecular formula is C9H12N2O2S. The molecule has 1 atom stereocenters. The lowest BCUT2D eigenvalue weighted by Crippen LogP contribution is -2.21. The van der Waals surface area contributed by atoms with E-state index in [4.69, 9.17) is 0 Å². The molecule has 0 spiro atoms. The summed E-state index contributed by atoms with van der Waals surface area (Å²) in [5.41, 5.74) is 0.851. The second kappa shape index (κ2) is 4.06. The number of aromatic nitrogens is 1. The molecule has 1 aromatic heterocycles. The standard InChI is InChI=1S/C9H12N2O2S/c12-14(13)11-7-3-5-9(11)8-4-1-2-6-10-8/h1-2,4,6,9,14H,3,5,7H2/t9-/m0/s1. The molecule has 0 radical (unpaired) electrons. The molecule has 0 aromatic carbocycles. The van der Waals surface area contributed by atoms with E-state index in [2.05, 4.69) is 4.98 Å². The van der Waals surface area contributed by atoms with Gasteiger partial charge in [-0.2, -0.15) is 4.31 Å². The van der Waals surface area contributed by atoms with Crippen molar-refractivity contribution in [3.05, 3.63) is 30.1 Å². The number of hydrogen-bond acceptors (Lipinski definition) is 3. The van der Waals surface area contributed by atoms with Gasteiger partial charge in [0.1, 0.15) is 0 Å². The van der Waals surface area contributed by atoms with Gasteiger partial charge in [0.15, 0.2) is 0 Å². The van der Waals surface area contributed by atoms with E-state index in [1.54, 1.807) is 6.20 Å². The zero-order valence-corrected chi connectivity index (χ0v) is 8.56. The Hall–Kier alpha value is -0.940. The van der Waals surface area contributed by atoms with E-state index in [-0.39, 0.29) is 6.04 Å². The summed E-state index contributed by atoms with van der Waals surface area (Å²) in [6.45, 7) is 0.625. The van der Waals surface area contributed by atoms with Gasteiger partial charge in [0.25, 0.3) is 0 Å². The van der Waals surface area contributed by atoms with Crippen LogP contribution in [-0.4, -0.2) is 24.3 Å². The van der Waals surface area contributed by atoms with E-state index in [1.807, 2.05) is 18.2 Å². The number of nitrogens with zero attached hydrogens (tertiary/aromatic N) is 2. The summed E-state index contributed by atoms with van der Waals surface area (Å²) in [7, 11) is -2.47. The van der Waals surface area contributed by atoms with Crippen LogP contribution in [0.25, 0.3) is 0 Å². The first-order chi connectivity index (χ1) is 6.79. The smallest absolute Gasteiger partial charge is 0.204 e. The molecule has 1 aliphatic rings. The lowest BCUT2D eigenvalue weighted by Gasteiger charge is -2.16. The Kier molecular flexibility index (Phi) is 2.79. The monoisotopic (exact) mass is 212 g/mol. The average molecular weight is 212 g/mol. The molecule has 0 N–H and O–H groups in total. The minimum absolute atomic E-state index is 0.0442. The molecule has 5 heteroatoms. The van der Waals surface area contributed by atoms with Crippen LogP contribution in [0.1, 0.15) is 24.6 Å². The van der Waals surface area contributed by atoms with E-state index in [1.165, 1.54) is 4.31 Å². The van der Waals surface area contributed by atoms with Crippen LogP contribution in [0.5, 0.6) is 0 Å². The molecular weight excluding hydrogens is 200 g/mol. The van der Waals surface area contributed by atoms with Crippen molar-refractivity contribution >= 4 is 10.9 Å². The Bertz CT molecular complexity index is 370. The summed E-state index contributed by atoms with van der Waals surface area (Å²) in [5.74, 6) is 0. The first kappa shape index (κ1) is 9.61. The van der Waals surface area contributed by atoms with E-state index < -0.39 is 10.9 Å². The summed E-state index contributed by atoms with van der Waals surface area (Å²) in [6, 6.07) is 5.55. The van der Waals surface area contributed by atoms with Crippen molar-refractivity contribution in [2.75, 3.05) is 6.54 Å². The van der Waals surface area contributed by atoms with Crippen LogP contribution in [-0.2, 0) is 10.9 Å². The second-order valence-electron chi connectivity index (χ2n) is 3.31. The minimum atomic E-state index is -2.47. The molecule has 4 nitrogen and oxygen atoms in total. The van der Waals surface area contributed by atoms with Gasteiger partial charge < -0.3 is 0 Å². The highest BCUT2D eigenvalue weighted by atomic mass is 32.2. The molecule has 0 unspecified atom stereocenters. The fraction of sp³-hybridized carbons (Fsp3) is 0.444. The summed E-state index contributed by atoms with van der Waals surface area (Å²) in [6.07, 6.45) is 3.49. The van der Waals surface area contributed by atoms with Gasteiger partial charge in [-0.3, -0.25) is 4.98 Å². The highest BCUT2D eigenvalue weighted by Crippen LogP contribution is 2.30. The molecule has 1 saturated heterocycles. The summed E-state index contributed by atoms with van der Waals surface area (Å²) in [5, 5.41) is 0. The molecule has 1 fully saturated rings. The Morgan fingerprint density at radius 2 is 2.29 bits per heavy atom. The van der Waals surface area contributed by atoms with Crippen LogP contribution in [0, 0.1) is 0 Å². The van der Waals surface area contributed by atoms with Crippen LogP contribution >= 0.6 is 0 Å². The third kappa shape index (κ3) is 1.78. The largest absolute Gasteiger partial charge is 0.260 e. The molecule has 0 aliphatic carbocycles. The third-order valence-corrected chi connectivity index (χ3v) is 3.36. The predicted molar refractivity (Wildman–Crippen MR) is 53.2 cm³/mol. The zero-order chi connectivity index (χ0) is 9.97.